The number of H-pyrrole nitrogens is 1. The minimum atomic E-state index is -4.67. The zero-order chi connectivity index (χ0) is 34.6. The number of nitrogens with zero attached hydrogens (tertiary/aromatic N) is 6. The molecule has 48 heavy (non-hydrogen) atoms. The second kappa shape index (κ2) is 14.4. The molecule has 4 heterocycles. The van der Waals surface area contributed by atoms with Crippen molar-refractivity contribution in [1.82, 2.24) is 24.8 Å². The Morgan fingerprint density at radius 2 is 1.77 bits per heavy atom. The standard InChI is InChI=1S/C34H42F3N7O4/c1-6-48-32-25(34(35,36)37)17-23(19-38-32)26-18-27(42(4)20-33(2,3)21-47-5)29-31(39-26)41-30(40-29)22-7-9-24(10-8-22)44-15-13-43(14-16-44)12-11-28(45)46/h7-10,17-19H,6,11-16,20-21H2,1-5H3,(H,45,46)(H,39,40,41). The molecule has 258 valence electrons. The summed E-state index contributed by atoms with van der Waals surface area (Å²) in [6.07, 6.45) is -3.19. The lowest BCUT2D eigenvalue weighted by molar-refractivity contribution is -0.139. The number of hydrogen-bond acceptors (Lipinski definition) is 9. The molecular weight excluding hydrogens is 627 g/mol. The number of ether oxygens (including phenoxy) is 2. The first-order valence-corrected chi connectivity index (χ1v) is 15.9. The monoisotopic (exact) mass is 669 g/mol. The predicted octanol–water partition coefficient (Wildman–Crippen LogP) is 5.81. The molecule has 4 aromatic rings. The summed E-state index contributed by atoms with van der Waals surface area (Å²) >= 11 is 0. The molecule has 14 heteroatoms. The smallest absolute Gasteiger partial charge is 0.421 e. The number of pyridine rings is 2. The largest absolute Gasteiger partial charge is 0.481 e. The van der Waals surface area contributed by atoms with Gasteiger partial charge in [-0.15, -0.1) is 0 Å². The normalized spacial score (nSPS) is 14.5. The fourth-order valence-corrected chi connectivity index (χ4v) is 6.08. The molecule has 0 atom stereocenters. The Morgan fingerprint density at radius 1 is 1.06 bits per heavy atom. The summed E-state index contributed by atoms with van der Waals surface area (Å²) in [6, 6.07) is 10.8. The highest BCUT2D eigenvalue weighted by molar-refractivity contribution is 5.91. The average Bonchev–Trinajstić information content (AvgIpc) is 3.47. The Kier molecular flexibility index (Phi) is 10.4. The van der Waals surface area contributed by atoms with Crippen LogP contribution in [0.4, 0.5) is 24.5 Å². The van der Waals surface area contributed by atoms with Gasteiger partial charge in [-0.2, -0.15) is 13.2 Å². The molecule has 3 aromatic heterocycles. The number of anilines is 2. The highest BCUT2D eigenvalue weighted by Crippen LogP contribution is 2.39. The number of aliphatic carboxylic acids is 1. The molecule has 0 aliphatic carbocycles. The number of imidazole rings is 1. The molecule has 0 saturated carbocycles. The van der Waals surface area contributed by atoms with Gasteiger partial charge >= 0.3 is 12.1 Å². The number of aromatic nitrogens is 4. The Labute approximate surface area is 277 Å². The van der Waals surface area contributed by atoms with Gasteiger partial charge in [0.1, 0.15) is 16.9 Å². The average molecular weight is 670 g/mol. The van der Waals surface area contributed by atoms with E-state index in [2.05, 4.69) is 33.6 Å². The van der Waals surface area contributed by atoms with Crippen LogP contribution in [0.1, 0.15) is 32.8 Å². The molecule has 0 radical (unpaired) electrons. The predicted molar refractivity (Wildman–Crippen MR) is 179 cm³/mol. The van der Waals surface area contributed by atoms with Crippen molar-refractivity contribution in [2.45, 2.75) is 33.4 Å². The van der Waals surface area contributed by atoms with Crippen molar-refractivity contribution >= 4 is 28.5 Å². The van der Waals surface area contributed by atoms with E-state index in [1.165, 1.54) is 6.20 Å². The summed E-state index contributed by atoms with van der Waals surface area (Å²) in [5, 5.41) is 8.98. The third kappa shape index (κ3) is 8.16. The highest BCUT2D eigenvalue weighted by atomic mass is 19.4. The van der Waals surface area contributed by atoms with Gasteiger partial charge < -0.3 is 29.4 Å². The first kappa shape index (κ1) is 34.9. The minimum Gasteiger partial charge on any atom is -0.481 e. The van der Waals surface area contributed by atoms with E-state index in [9.17, 15) is 18.0 Å². The zero-order valence-corrected chi connectivity index (χ0v) is 27.9. The molecule has 0 bridgehead atoms. The maximum atomic E-state index is 14.0. The number of nitrogens with one attached hydrogen (secondary N) is 1. The molecule has 0 unspecified atom stereocenters. The van der Waals surface area contributed by atoms with E-state index < -0.39 is 23.6 Å². The van der Waals surface area contributed by atoms with Gasteiger partial charge in [0.2, 0.25) is 5.88 Å². The van der Waals surface area contributed by atoms with E-state index in [1.54, 1.807) is 20.1 Å². The second-order valence-corrected chi connectivity index (χ2v) is 12.8. The molecule has 1 saturated heterocycles. The summed E-state index contributed by atoms with van der Waals surface area (Å²) in [7, 11) is 3.57. The number of benzene rings is 1. The van der Waals surface area contributed by atoms with Crippen LogP contribution in [0.2, 0.25) is 0 Å². The minimum absolute atomic E-state index is 0.0497. The van der Waals surface area contributed by atoms with Gasteiger partial charge in [0.05, 0.1) is 31.0 Å². The fourth-order valence-electron chi connectivity index (χ4n) is 6.08. The summed E-state index contributed by atoms with van der Waals surface area (Å²) in [5.74, 6) is -0.687. The van der Waals surface area contributed by atoms with Gasteiger partial charge in [-0.1, -0.05) is 13.8 Å². The molecule has 1 aromatic carbocycles. The van der Waals surface area contributed by atoms with E-state index >= 15 is 0 Å². The summed E-state index contributed by atoms with van der Waals surface area (Å²) < 4.78 is 52.6. The number of carboxylic acids is 1. The van der Waals surface area contributed by atoms with Crippen LogP contribution in [0.3, 0.4) is 0 Å². The zero-order valence-electron chi connectivity index (χ0n) is 27.9. The maximum Gasteiger partial charge on any atom is 0.421 e. The number of fused-ring (bicyclic) bond motifs is 1. The number of carbonyl (C=O) groups is 1. The molecule has 1 fully saturated rings. The van der Waals surface area contributed by atoms with Gasteiger partial charge in [0.25, 0.3) is 0 Å². The second-order valence-electron chi connectivity index (χ2n) is 12.8. The number of halogens is 3. The third-order valence-corrected chi connectivity index (χ3v) is 8.31. The van der Waals surface area contributed by atoms with Crippen LogP contribution in [0.5, 0.6) is 5.88 Å². The molecule has 2 N–H and O–H groups in total. The topological polar surface area (TPSA) is 120 Å². The lowest BCUT2D eigenvalue weighted by Gasteiger charge is -2.35. The lowest BCUT2D eigenvalue weighted by Crippen LogP contribution is -2.46. The van der Waals surface area contributed by atoms with Crippen LogP contribution in [0.25, 0.3) is 33.8 Å². The van der Waals surface area contributed by atoms with E-state index in [4.69, 9.17) is 24.5 Å². The quantitative estimate of drug-likeness (QED) is 0.181. The van der Waals surface area contributed by atoms with E-state index in [1.807, 2.05) is 36.2 Å². The molecule has 0 amide bonds. The number of rotatable bonds is 13. The summed E-state index contributed by atoms with van der Waals surface area (Å²) in [4.78, 5) is 34.3. The Morgan fingerprint density at radius 3 is 2.40 bits per heavy atom. The van der Waals surface area contributed by atoms with Crippen molar-refractivity contribution in [3.63, 3.8) is 0 Å². The molecule has 1 aliphatic heterocycles. The van der Waals surface area contributed by atoms with Crippen LogP contribution < -0.4 is 14.5 Å². The molecular formula is C34H42F3N7O4. The van der Waals surface area contributed by atoms with Gasteiger partial charge in [0, 0.05) is 81.9 Å². The van der Waals surface area contributed by atoms with Gasteiger partial charge in [-0.25, -0.2) is 15.0 Å². The molecule has 0 spiro atoms. The van der Waals surface area contributed by atoms with Gasteiger partial charge in [0.15, 0.2) is 5.65 Å². The number of methoxy groups -OCH3 is 1. The van der Waals surface area contributed by atoms with Crippen LogP contribution in [0, 0.1) is 5.41 Å². The maximum absolute atomic E-state index is 14.0. The van der Waals surface area contributed by atoms with E-state index in [-0.39, 0.29) is 24.0 Å². The van der Waals surface area contributed by atoms with Crippen molar-refractivity contribution < 1.29 is 32.5 Å². The lowest BCUT2D eigenvalue weighted by atomic mass is 9.94. The summed E-state index contributed by atoms with van der Waals surface area (Å²) in [6.45, 7) is 10.6. The van der Waals surface area contributed by atoms with Gasteiger partial charge in [-0.3, -0.25) is 9.69 Å². The Bertz CT molecular complexity index is 1720. The van der Waals surface area contributed by atoms with Crippen molar-refractivity contribution in [2.24, 2.45) is 5.41 Å². The number of alkyl halides is 3. The van der Waals surface area contributed by atoms with Crippen LogP contribution >= 0.6 is 0 Å². The molecule has 1 aliphatic rings. The number of hydrogen-bond donors (Lipinski definition) is 2. The first-order chi connectivity index (χ1) is 22.8. The molecule has 11 nitrogen and oxygen atoms in total. The van der Waals surface area contributed by atoms with Crippen LogP contribution in [0.15, 0.2) is 42.6 Å². The highest BCUT2D eigenvalue weighted by Gasteiger charge is 2.36. The Balaban J connectivity index is 1.48. The van der Waals surface area contributed by atoms with Crippen molar-refractivity contribution in [3.8, 4) is 28.5 Å². The summed E-state index contributed by atoms with van der Waals surface area (Å²) in [5.41, 5.74) is 2.90. The van der Waals surface area contributed by atoms with Crippen LogP contribution in [-0.2, 0) is 15.7 Å². The SMILES string of the molecule is CCOc1ncc(-c2cc(N(C)CC(C)(C)COC)c3[nH]c(-c4ccc(N5CCN(CCC(=O)O)CC5)cc4)nc3n2)cc1C(F)(F)F. The number of piperazine rings is 1. The third-order valence-electron chi connectivity index (χ3n) is 8.31. The van der Waals surface area contributed by atoms with Crippen molar-refractivity contribution in [3.05, 3.63) is 48.2 Å². The van der Waals surface area contributed by atoms with Crippen LogP contribution in [-0.4, -0.2) is 103 Å². The number of carboxylic acid groups (broad SMARTS) is 1. The first-order valence-electron chi connectivity index (χ1n) is 15.9. The van der Waals surface area contributed by atoms with E-state index in [0.717, 1.165) is 49.2 Å². The van der Waals surface area contributed by atoms with Crippen molar-refractivity contribution in [1.29, 1.82) is 0 Å². The van der Waals surface area contributed by atoms with Crippen molar-refractivity contribution in [2.75, 3.05) is 76.4 Å². The van der Waals surface area contributed by atoms with E-state index in [0.29, 0.717) is 42.4 Å². The van der Waals surface area contributed by atoms with Gasteiger partial charge in [-0.05, 0) is 43.3 Å². The number of aromatic amines is 1. The fraction of sp³-hybridized carbons (Fsp3) is 0.471. The molecule has 5 rings (SSSR count). The Hall–Kier alpha value is -4.43.